The molecule has 2 aromatic heterocycles. The fourth-order valence-corrected chi connectivity index (χ4v) is 3.64. The SMILES string of the molecule is Cc1cc(C)n(-c2ccccc2CNC(=O)c2cn(C3CCNCC3)nn2)n1.Cl. The molecule has 4 rings (SSSR count). The molecule has 0 bridgehead atoms. The highest BCUT2D eigenvalue weighted by atomic mass is 35.5. The Morgan fingerprint density at radius 1 is 1.24 bits per heavy atom. The van der Waals surface area contributed by atoms with E-state index >= 15 is 0 Å². The highest BCUT2D eigenvalue weighted by Crippen LogP contribution is 2.18. The second-order valence-corrected chi connectivity index (χ2v) is 7.22. The molecular formula is C20H26ClN7O. The highest BCUT2D eigenvalue weighted by Gasteiger charge is 2.19. The maximum atomic E-state index is 12.6. The quantitative estimate of drug-likeness (QED) is 0.667. The van der Waals surface area contributed by atoms with Crippen molar-refractivity contribution in [3.63, 3.8) is 0 Å². The van der Waals surface area contributed by atoms with Crippen LogP contribution in [0.3, 0.4) is 0 Å². The maximum absolute atomic E-state index is 12.6. The zero-order chi connectivity index (χ0) is 19.5. The van der Waals surface area contributed by atoms with Crippen molar-refractivity contribution in [3.8, 4) is 5.69 Å². The van der Waals surface area contributed by atoms with Crippen molar-refractivity contribution < 1.29 is 4.79 Å². The van der Waals surface area contributed by atoms with Crippen LogP contribution in [0.4, 0.5) is 0 Å². The van der Waals surface area contributed by atoms with Gasteiger partial charge in [-0.2, -0.15) is 5.10 Å². The molecule has 0 aliphatic carbocycles. The summed E-state index contributed by atoms with van der Waals surface area (Å²) in [6.07, 6.45) is 3.75. The second kappa shape index (κ2) is 9.19. The number of aromatic nitrogens is 5. The van der Waals surface area contributed by atoms with Gasteiger partial charge in [0.05, 0.1) is 23.6 Å². The summed E-state index contributed by atoms with van der Waals surface area (Å²) in [5.41, 5.74) is 4.33. The molecule has 0 saturated carbocycles. The van der Waals surface area contributed by atoms with Crippen LogP contribution in [0, 0.1) is 13.8 Å². The lowest BCUT2D eigenvalue weighted by Gasteiger charge is -2.22. The van der Waals surface area contributed by atoms with Gasteiger partial charge in [0.1, 0.15) is 0 Å². The number of halogens is 1. The van der Waals surface area contributed by atoms with Crippen LogP contribution in [-0.4, -0.2) is 43.8 Å². The third kappa shape index (κ3) is 4.65. The van der Waals surface area contributed by atoms with Gasteiger partial charge in [-0.15, -0.1) is 17.5 Å². The summed E-state index contributed by atoms with van der Waals surface area (Å²) in [4.78, 5) is 12.6. The zero-order valence-corrected chi connectivity index (χ0v) is 17.4. The molecule has 154 valence electrons. The number of carbonyl (C=O) groups excluding carboxylic acids is 1. The number of aryl methyl sites for hydroxylation is 2. The number of benzene rings is 1. The van der Waals surface area contributed by atoms with Gasteiger partial charge in [-0.05, 0) is 57.5 Å². The van der Waals surface area contributed by atoms with E-state index in [9.17, 15) is 4.79 Å². The minimum atomic E-state index is -0.219. The first kappa shape index (κ1) is 21.0. The molecule has 0 unspecified atom stereocenters. The summed E-state index contributed by atoms with van der Waals surface area (Å²) in [6.45, 7) is 6.33. The first-order valence-electron chi connectivity index (χ1n) is 9.64. The Balaban J connectivity index is 0.00000240. The minimum absolute atomic E-state index is 0. The predicted octanol–water partition coefficient (Wildman–Crippen LogP) is 2.36. The van der Waals surface area contributed by atoms with Crippen molar-refractivity contribution >= 4 is 18.3 Å². The Morgan fingerprint density at radius 3 is 2.72 bits per heavy atom. The lowest BCUT2D eigenvalue weighted by Crippen LogP contribution is -2.29. The molecule has 29 heavy (non-hydrogen) atoms. The first-order chi connectivity index (χ1) is 13.6. The molecule has 9 heteroatoms. The number of amides is 1. The van der Waals surface area contributed by atoms with Gasteiger partial charge in [0.25, 0.3) is 5.91 Å². The smallest absolute Gasteiger partial charge is 0.273 e. The zero-order valence-electron chi connectivity index (χ0n) is 16.6. The molecule has 1 aliphatic heterocycles. The molecule has 1 aromatic carbocycles. The summed E-state index contributed by atoms with van der Waals surface area (Å²) in [5, 5.41) is 19.1. The van der Waals surface area contributed by atoms with E-state index in [0.29, 0.717) is 18.3 Å². The number of hydrogen-bond acceptors (Lipinski definition) is 5. The fourth-order valence-electron chi connectivity index (χ4n) is 3.64. The summed E-state index contributed by atoms with van der Waals surface area (Å²) in [5.74, 6) is -0.219. The summed E-state index contributed by atoms with van der Waals surface area (Å²) in [7, 11) is 0. The average Bonchev–Trinajstić information content (AvgIpc) is 3.33. The molecule has 3 heterocycles. The van der Waals surface area contributed by atoms with Gasteiger partial charge in [-0.25, -0.2) is 9.36 Å². The molecule has 0 spiro atoms. The Bertz CT molecular complexity index is 975. The van der Waals surface area contributed by atoms with Crippen molar-refractivity contribution in [2.24, 2.45) is 0 Å². The van der Waals surface area contributed by atoms with E-state index in [2.05, 4.69) is 26.0 Å². The van der Waals surface area contributed by atoms with Gasteiger partial charge in [-0.1, -0.05) is 23.4 Å². The summed E-state index contributed by atoms with van der Waals surface area (Å²) < 4.78 is 3.73. The number of carbonyl (C=O) groups is 1. The highest BCUT2D eigenvalue weighted by molar-refractivity contribution is 5.91. The van der Waals surface area contributed by atoms with Crippen LogP contribution >= 0.6 is 12.4 Å². The van der Waals surface area contributed by atoms with Crippen LogP contribution in [0.2, 0.25) is 0 Å². The van der Waals surface area contributed by atoms with Crippen LogP contribution in [-0.2, 0) is 6.54 Å². The molecule has 3 aromatic rings. The van der Waals surface area contributed by atoms with E-state index in [4.69, 9.17) is 0 Å². The summed E-state index contributed by atoms with van der Waals surface area (Å²) in [6, 6.07) is 10.3. The topological polar surface area (TPSA) is 89.7 Å². The average molecular weight is 416 g/mol. The van der Waals surface area contributed by atoms with Crippen LogP contribution in [0.5, 0.6) is 0 Å². The van der Waals surface area contributed by atoms with E-state index in [1.807, 2.05) is 53.5 Å². The van der Waals surface area contributed by atoms with Crippen molar-refractivity contribution in [2.45, 2.75) is 39.3 Å². The number of nitrogens with one attached hydrogen (secondary N) is 2. The molecule has 2 N–H and O–H groups in total. The third-order valence-corrected chi connectivity index (χ3v) is 5.09. The van der Waals surface area contributed by atoms with Crippen LogP contribution in [0.25, 0.3) is 5.69 Å². The molecular weight excluding hydrogens is 390 g/mol. The Hall–Kier alpha value is -2.71. The number of hydrogen-bond donors (Lipinski definition) is 2. The molecule has 8 nitrogen and oxygen atoms in total. The van der Waals surface area contributed by atoms with E-state index in [-0.39, 0.29) is 18.3 Å². The molecule has 1 aliphatic rings. The number of piperidine rings is 1. The molecule has 1 amide bonds. The largest absolute Gasteiger partial charge is 0.346 e. The van der Waals surface area contributed by atoms with Gasteiger partial charge in [0.2, 0.25) is 0 Å². The first-order valence-corrected chi connectivity index (χ1v) is 9.64. The van der Waals surface area contributed by atoms with Crippen LogP contribution < -0.4 is 10.6 Å². The minimum Gasteiger partial charge on any atom is -0.346 e. The lowest BCUT2D eigenvalue weighted by atomic mass is 10.1. The van der Waals surface area contributed by atoms with E-state index in [1.165, 1.54) is 0 Å². The Labute approximate surface area is 176 Å². The third-order valence-electron chi connectivity index (χ3n) is 5.09. The monoisotopic (exact) mass is 415 g/mol. The standard InChI is InChI=1S/C20H25N7O.ClH/c1-14-11-15(2)27(24-14)19-6-4-3-5-16(19)12-22-20(28)18-13-26(25-23-18)17-7-9-21-10-8-17;/h3-6,11,13,17,21H,7-10,12H2,1-2H3,(H,22,28);1H. The molecule has 0 radical (unpaired) electrons. The Morgan fingerprint density at radius 2 is 2.00 bits per heavy atom. The van der Waals surface area contributed by atoms with Crippen LogP contribution in [0.15, 0.2) is 36.5 Å². The number of para-hydroxylation sites is 1. The van der Waals surface area contributed by atoms with E-state index in [1.54, 1.807) is 6.20 Å². The fraction of sp³-hybridized carbons (Fsp3) is 0.400. The van der Waals surface area contributed by atoms with Gasteiger partial charge >= 0.3 is 0 Å². The maximum Gasteiger partial charge on any atom is 0.273 e. The van der Waals surface area contributed by atoms with E-state index in [0.717, 1.165) is 48.6 Å². The number of rotatable bonds is 5. The number of nitrogens with zero attached hydrogens (tertiary/aromatic N) is 5. The Kier molecular flexibility index (Phi) is 6.66. The summed E-state index contributed by atoms with van der Waals surface area (Å²) >= 11 is 0. The van der Waals surface area contributed by atoms with Crippen molar-refractivity contribution in [2.75, 3.05) is 13.1 Å². The van der Waals surface area contributed by atoms with Crippen molar-refractivity contribution in [3.05, 3.63) is 59.2 Å². The second-order valence-electron chi connectivity index (χ2n) is 7.22. The van der Waals surface area contributed by atoms with Gasteiger partial charge in [0, 0.05) is 12.2 Å². The van der Waals surface area contributed by atoms with Crippen molar-refractivity contribution in [1.82, 2.24) is 35.4 Å². The van der Waals surface area contributed by atoms with Crippen LogP contribution in [0.1, 0.15) is 46.3 Å². The normalized spacial score (nSPS) is 14.4. The van der Waals surface area contributed by atoms with Gasteiger partial charge in [0.15, 0.2) is 5.69 Å². The van der Waals surface area contributed by atoms with E-state index < -0.39 is 0 Å². The van der Waals surface area contributed by atoms with Gasteiger partial charge in [-0.3, -0.25) is 4.79 Å². The molecule has 1 saturated heterocycles. The lowest BCUT2D eigenvalue weighted by molar-refractivity contribution is 0.0946. The van der Waals surface area contributed by atoms with Gasteiger partial charge < -0.3 is 10.6 Å². The predicted molar refractivity (Wildman–Crippen MR) is 113 cm³/mol. The van der Waals surface area contributed by atoms with Crippen molar-refractivity contribution in [1.29, 1.82) is 0 Å². The molecule has 1 fully saturated rings. The molecule has 0 atom stereocenters.